The first-order valence-electron chi connectivity index (χ1n) is 8.92. The van der Waals surface area contributed by atoms with Gasteiger partial charge < -0.3 is 10.6 Å². The van der Waals surface area contributed by atoms with E-state index in [0.29, 0.717) is 16.8 Å². The zero-order chi connectivity index (χ0) is 19.1. The molecule has 0 saturated carbocycles. The van der Waals surface area contributed by atoms with E-state index in [9.17, 15) is 9.59 Å². The molecule has 0 aliphatic heterocycles. The summed E-state index contributed by atoms with van der Waals surface area (Å²) >= 11 is 0. The van der Waals surface area contributed by atoms with Crippen LogP contribution < -0.4 is 10.6 Å². The fourth-order valence-corrected chi connectivity index (χ4v) is 2.96. The van der Waals surface area contributed by atoms with Crippen molar-refractivity contribution in [3.63, 3.8) is 0 Å². The van der Waals surface area contributed by atoms with Crippen molar-refractivity contribution < 1.29 is 9.59 Å². The van der Waals surface area contributed by atoms with Crippen LogP contribution in [-0.2, 0) is 12.8 Å². The molecule has 0 aliphatic carbocycles. The molecule has 3 rings (SSSR count). The number of carbonyl (C=O) groups excluding carboxylic acids is 2. The summed E-state index contributed by atoms with van der Waals surface area (Å²) in [5.74, 6) is -0.359. The third-order valence-corrected chi connectivity index (χ3v) is 4.40. The molecule has 2 amide bonds. The molecular formula is C23H22N2O2. The molecule has 0 aromatic heterocycles. The number of nitrogens with one attached hydrogen (secondary N) is 2. The van der Waals surface area contributed by atoms with Crippen molar-refractivity contribution in [2.45, 2.75) is 12.8 Å². The standard InChI is InChI=1S/C23H22N2O2/c1-24-22(26)19-11-7-12-20(16-19)25-23(27)21-13-6-5-10-18(21)15-14-17-8-3-2-4-9-17/h2-13,16H,14-15H2,1H3,(H,24,26)(H,25,27). The van der Waals surface area contributed by atoms with E-state index in [-0.39, 0.29) is 11.8 Å². The molecule has 0 radical (unpaired) electrons. The Morgan fingerprint density at radius 1 is 0.778 bits per heavy atom. The molecule has 0 fully saturated rings. The molecule has 3 aromatic rings. The van der Waals surface area contributed by atoms with Gasteiger partial charge in [0.25, 0.3) is 11.8 Å². The summed E-state index contributed by atoms with van der Waals surface area (Å²) in [6, 6.07) is 24.8. The summed E-state index contributed by atoms with van der Waals surface area (Å²) in [6.07, 6.45) is 1.66. The van der Waals surface area contributed by atoms with Crippen LogP contribution in [0.4, 0.5) is 5.69 Å². The highest BCUT2D eigenvalue weighted by Gasteiger charge is 2.12. The van der Waals surface area contributed by atoms with Crippen LogP contribution in [0, 0.1) is 0 Å². The molecule has 0 spiro atoms. The SMILES string of the molecule is CNC(=O)c1cccc(NC(=O)c2ccccc2CCc2ccccc2)c1. The zero-order valence-corrected chi connectivity index (χ0v) is 15.2. The first-order valence-corrected chi connectivity index (χ1v) is 8.92. The van der Waals surface area contributed by atoms with E-state index >= 15 is 0 Å². The lowest BCUT2D eigenvalue weighted by Crippen LogP contribution is -2.19. The van der Waals surface area contributed by atoms with Crippen molar-refractivity contribution in [3.8, 4) is 0 Å². The fraction of sp³-hybridized carbons (Fsp3) is 0.130. The van der Waals surface area contributed by atoms with Crippen LogP contribution in [0.2, 0.25) is 0 Å². The van der Waals surface area contributed by atoms with Crippen molar-refractivity contribution in [1.82, 2.24) is 5.32 Å². The lowest BCUT2D eigenvalue weighted by atomic mass is 9.99. The van der Waals surface area contributed by atoms with E-state index in [1.54, 1.807) is 31.3 Å². The first-order chi connectivity index (χ1) is 13.2. The molecule has 0 bridgehead atoms. The van der Waals surface area contributed by atoms with E-state index in [1.165, 1.54) is 5.56 Å². The number of hydrogen-bond acceptors (Lipinski definition) is 2. The Morgan fingerprint density at radius 2 is 1.52 bits per heavy atom. The molecule has 0 heterocycles. The number of hydrogen-bond donors (Lipinski definition) is 2. The minimum absolute atomic E-state index is 0.173. The van der Waals surface area contributed by atoms with Crippen molar-refractivity contribution in [2.75, 3.05) is 12.4 Å². The predicted molar refractivity (Wildman–Crippen MR) is 108 cm³/mol. The number of aryl methyl sites for hydroxylation is 2. The van der Waals surface area contributed by atoms with Gasteiger partial charge >= 0.3 is 0 Å². The minimum atomic E-state index is -0.186. The van der Waals surface area contributed by atoms with Gasteiger partial charge in [-0.1, -0.05) is 54.6 Å². The molecule has 0 saturated heterocycles. The van der Waals surface area contributed by atoms with Crippen molar-refractivity contribution in [1.29, 1.82) is 0 Å². The molecule has 0 atom stereocenters. The summed E-state index contributed by atoms with van der Waals surface area (Å²) in [5, 5.41) is 5.48. The maximum absolute atomic E-state index is 12.8. The predicted octanol–water partition coefficient (Wildman–Crippen LogP) is 4.08. The second-order valence-corrected chi connectivity index (χ2v) is 6.26. The Balaban J connectivity index is 1.74. The number of amides is 2. The van der Waals surface area contributed by atoms with Crippen LogP contribution in [0.15, 0.2) is 78.9 Å². The van der Waals surface area contributed by atoms with E-state index in [0.717, 1.165) is 18.4 Å². The largest absolute Gasteiger partial charge is 0.355 e. The molecular weight excluding hydrogens is 336 g/mol. The van der Waals surface area contributed by atoms with Gasteiger partial charge in [0.15, 0.2) is 0 Å². The molecule has 3 aromatic carbocycles. The second-order valence-electron chi connectivity index (χ2n) is 6.26. The van der Waals surface area contributed by atoms with Gasteiger partial charge in [-0.25, -0.2) is 0 Å². The van der Waals surface area contributed by atoms with Crippen LogP contribution in [0.25, 0.3) is 0 Å². The molecule has 2 N–H and O–H groups in total. The maximum Gasteiger partial charge on any atom is 0.255 e. The maximum atomic E-state index is 12.8. The first kappa shape index (κ1) is 18.4. The van der Waals surface area contributed by atoms with Crippen LogP contribution in [0.5, 0.6) is 0 Å². The van der Waals surface area contributed by atoms with Crippen LogP contribution in [-0.4, -0.2) is 18.9 Å². The molecule has 27 heavy (non-hydrogen) atoms. The van der Waals surface area contributed by atoms with Gasteiger partial charge in [-0.05, 0) is 48.2 Å². The average molecular weight is 358 g/mol. The molecule has 0 aliphatic rings. The fourth-order valence-electron chi connectivity index (χ4n) is 2.96. The summed E-state index contributed by atoms with van der Waals surface area (Å²) in [6.45, 7) is 0. The van der Waals surface area contributed by atoms with Crippen LogP contribution in [0.3, 0.4) is 0 Å². The Hall–Kier alpha value is -3.40. The summed E-state index contributed by atoms with van der Waals surface area (Å²) in [7, 11) is 1.58. The zero-order valence-electron chi connectivity index (χ0n) is 15.2. The normalized spacial score (nSPS) is 10.3. The Bertz CT molecular complexity index is 936. The minimum Gasteiger partial charge on any atom is -0.355 e. The Labute approximate surface area is 159 Å². The third kappa shape index (κ3) is 4.82. The lowest BCUT2D eigenvalue weighted by molar-refractivity contribution is 0.0961. The number of anilines is 1. The average Bonchev–Trinajstić information content (AvgIpc) is 2.72. The Morgan fingerprint density at radius 3 is 2.30 bits per heavy atom. The van der Waals surface area contributed by atoms with E-state index in [4.69, 9.17) is 0 Å². The summed E-state index contributed by atoms with van der Waals surface area (Å²) in [4.78, 5) is 24.6. The van der Waals surface area contributed by atoms with Crippen molar-refractivity contribution in [2.24, 2.45) is 0 Å². The van der Waals surface area contributed by atoms with Gasteiger partial charge in [0.2, 0.25) is 0 Å². The van der Waals surface area contributed by atoms with E-state index < -0.39 is 0 Å². The monoisotopic (exact) mass is 358 g/mol. The van der Waals surface area contributed by atoms with E-state index in [2.05, 4.69) is 22.8 Å². The smallest absolute Gasteiger partial charge is 0.255 e. The van der Waals surface area contributed by atoms with Crippen molar-refractivity contribution in [3.05, 3.63) is 101 Å². The van der Waals surface area contributed by atoms with Gasteiger partial charge in [-0.3, -0.25) is 9.59 Å². The number of carbonyl (C=O) groups is 2. The van der Waals surface area contributed by atoms with Gasteiger partial charge in [0.1, 0.15) is 0 Å². The number of benzene rings is 3. The number of rotatable bonds is 6. The third-order valence-electron chi connectivity index (χ3n) is 4.40. The molecule has 0 unspecified atom stereocenters. The summed E-state index contributed by atoms with van der Waals surface area (Å²) in [5.41, 5.74) is 4.00. The van der Waals surface area contributed by atoms with Gasteiger partial charge in [-0.15, -0.1) is 0 Å². The highest BCUT2D eigenvalue weighted by atomic mass is 16.2. The van der Waals surface area contributed by atoms with Crippen LogP contribution >= 0.6 is 0 Å². The van der Waals surface area contributed by atoms with E-state index in [1.807, 2.05) is 42.5 Å². The summed E-state index contributed by atoms with van der Waals surface area (Å²) < 4.78 is 0. The topological polar surface area (TPSA) is 58.2 Å². The molecule has 4 nitrogen and oxygen atoms in total. The van der Waals surface area contributed by atoms with Gasteiger partial charge in [0, 0.05) is 23.9 Å². The molecule has 136 valence electrons. The second kappa shape index (κ2) is 8.81. The van der Waals surface area contributed by atoms with Crippen molar-refractivity contribution >= 4 is 17.5 Å². The van der Waals surface area contributed by atoms with Crippen LogP contribution in [0.1, 0.15) is 31.8 Å². The molecule has 4 heteroatoms. The highest BCUT2D eigenvalue weighted by molar-refractivity contribution is 6.06. The quantitative estimate of drug-likeness (QED) is 0.697. The Kier molecular flexibility index (Phi) is 6.00. The van der Waals surface area contributed by atoms with Gasteiger partial charge in [0.05, 0.1) is 0 Å². The lowest BCUT2D eigenvalue weighted by Gasteiger charge is -2.11. The van der Waals surface area contributed by atoms with Gasteiger partial charge in [-0.2, -0.15) is 0 Å². The highest BCUT2D eigenvalue weighted by Crippen LogP contribution is 2.16.